The van der Waals surface area contributed by atoms with Crippen LogP contribution in [0.15, 0.2) is 36.5 Å². The Morgan fingerprint density at radius 1 is 1.06 bits per heavy atom. The third-order valence-electron chi connectivity index (χ3n) is 3.77. The first-order chi connectivity index (χ1) is 8.31. The van der Waals surface area contributed by atoms with E-state index in [-0.39, 0.29) is 5.04 Å². The lowest BCUT2D eigenvalue weighted by Crippen LogP contribution is -2.43. The number of nitrogens with zero attached hydrogens (tertiary/aromatic N) is 1. The Bertz CT molecular complexity index is 552. The molecule has 3 heteroatoms. The van der Waals surface area contributed by atoms with Crippen LogP contribution in [-0.2, 0) is 0 Å². The van der Waals surface area contributed by atoms with Gasteiger partial charge in [-0.15, -0.1) is 0 Å². The highest BCUT2D eigenvalue weighted by molar-refractivity contribution is 6.74. The van der Waals surface area contributed by atoms with Crippen molar-refractivity contribution in [2.45, 2.75) is 38.9 Å². The summed E-state index contributed by atoms with van der Waals surface area (Å²) < 4.78 is 6.36. The maximum absolute atomic E-state index is 6.36. The van der Waals surface area contributed by atoms with Crippen molar-refractivity contribution >= 4 is 19.2 Å². The number of fused-ring (bicyclic) bond motifs is 1. The van der Waals surface area contributed by atoms with Gasteiger partial charge in [0.05, 0.1) is 0 Å². The molecule has 1 aromatic carbocycles. The zero-order valence-corrected chi connectivity index (χ0v) is 12.8. The molecule has 96 valence electrons. The van der Waals surface area contributed by atoms with Gasteiger partial charge >= 0.3 is 0 Å². The largest absolute Gasteiger partial charge is 0.542 e. The normalized spacial score (nSPS) is 12.7. The van der Waals surface area contributed by atoms with Crippen molar-refractivity contribution in [2.75, 3.05) is 0 Å². The summed E-state index contributed by atoms with van der Waals surface area (Å²) in [7, 11) is -1.80. The number of pyridine rings is 1. The van der Waals surface area contributed by atoms with Crippen LogP contribution < -0.4 is 4.43 Å². The third-order valence-corrected chi connectivity index (χ3v) is 8.11. The van der Waals surface area contributed by atoms with Crippen LogP contribution in [0, 0.1) is 0 Å². The average Bonchev–Trinajstić information content (AvgIpc) is 2.27. The minimum absolute atomic E-state index is 0.198. The predicted molar refractivity (Wildman–Crippen MR) is 79.6 cm³/mol. The summed E-state index contributed by atoms with van der Waals surface area (Å²) >= 11 is 0. The summed E-state index contributed by atoms with van der Waals surface area (Å²) in [6.07, 6.45) is 1.82. The van der Waals surface area contributed by atoms with Gasteiger partial charge in [-0.2, -0.15) is 0 Å². The highest BCUT2D eigenvalue weighted by Crippen LogP contribution is 2.38. The van der Waals surface area contributed by atoms with E-state index in [1.165, 1.54) is 0 Å². The van der Waals surface area contributed by atoms with Crippen molar-refractivity contribution in [3.63, 3.8) is 0 Å². The molecule has 0 bridgehead atoms. The first kappa shape index (κ1) is 13.1. The maximum Gasteiger partial charge on any atom is 0.250 e. The Morgan fingerprint density at radius 3 is 2.39 bits per heavy atom. The molecule has 0 saturated carbocycles. The first-order valence-corrected chi connectivity index (χ1v) is 9.25. The van der Waals surface area contributed by atoms with Gasteiger partial charge in [0.15, 0.2) is 0 Å². The monoisotopic (exact) mass is 259 g/mol. The Balaban J connectivity index is 2.44. The summed E-state index contributed by atoms with van der Waals surface area (Å²) in [6, 6.07) is 10.2. The lowest BCUT2D eigenvalue weighted by atomic mass is 10.2. The topological polar surface area (TPSA) is 22.1 Å². The SMILES string of the molecule is CC(C)(C)[Si](C)(C)Oc1cccc2cccnc12. The van der Waals surface area contributed by atoms with E-state index in [4.69, 9.17) is 4.43 Å². The molecule has 2 aromatic rings. The van der Waals surface area contributed by atoms with Crippen LogP contribution in [0.25, 0.3) is 10.9 Å². The lowest BCUT2D eigenvalue weighted by Gasteiger charge is -2.36. The molecular formula is C15H21NOSi. The van der Waals surface area contributed by atoms with Gasteiger partial charge in [0.1, 0.15) is 11.3 Å². The van der Waals surface area contributed by atoms with Gasteiger partial charge in [0.2, 0.25) is 0 Å². The number of hydrogen-bond acceptors (Lipinski definition) is 2. The van der Waals surface area contributed by atoms with E-state index < -0.39 is 8.32 Å². The van der Waals surface area contributed by atoms with Gasteiger partial charge in [-0.05, 0) is 30.3 Å². The van der Waals surface area contributed by atoms with Crippen molar-refractivity contribution in [1.82, 2.24) is 4.98 Å². The highest BCUT2D eigenvalue weighted by Gasteiger charge is 2.39. The molecule has 1 aromatic heterocycles. The van der Waals surface area contributed by atoms with E-state index in [1.807, 2.05) is 24.4 Å². The molecule has 0 spiro atoms. The second-order valence-electron chi connectivity index (χ2n) is 6.19. The fourth-order valence-electron chi connectivity index (χ4n) is 1.59. The first-order valence-electron chi connectivity index (χ1n) is 6.34. The highest BCUT2D eigenvalue weighted by atomic mass is 28.4. The third kappa shape index (κ3) is 2.41. The van der Waals surface area contributed by atoms with Crippen LogP contribution in [0.4, 0.5) is 0 Å². The molecular weight excluding hydrogens is 238 g/mol. The summed E-state index contributed by atoms with van der Waals surface area (Å²) in [5.41, 5.74) is 0.963. The number of rotatable bonds is 2. The van der Waals surface area contributed by atoms with Crippen LogP contribution in [0.3, 0.4) is 0 Å². The van der Waals surface area contributed by atoms with Crippen molar-refractivity contribution in [3.8, 4) is 5.75 Å². The quantitative estimate of drug-likeness (QED) is 0.734. The fraction of sp³-hybridized carbons (Fsp3) is 0.400. The maximum atomic E-state index is 6.36. The molecule has 2 rings (SSSR count). The fourth-order valence-corrected chi connectivity index (χ4v) is 2.61. The van der Waals surface area contributed by atoms with Crippen LogP contribution in [0.2, 0.25) is 18.1 Å². The molecule has 18 heavy (non-hydrogen) atoms. The standard InChI is InChI=1S/C15H21NOSi/c1-15(2,3)18(4,5)17-13-10-6-8-12-9-7-11-16-14(12)13/h6-11H,1-5H3. The summed E-state index contributed by atoms with van der Waals surface area (Å²) in [6.45, 7) is 11.3. The molecule has 0 atom stereocenters. The van der Waals surface area contributed by atoms with Gasteiger partial charge < -0.3 is 4.43 Å². The molecule has 0 saturated heterocycles. The summed E-state index contributed by atoms with van der Waals surface area (Å²) in [5, 5.41) is 1.33. The number of para-hydroxylation sites is 1. The Labute approximate surface area is 110 Å². The van der Waals surface area contributed by atoms with Gasteiger partial charge in [-0.3, -0.25) is 4.98 Å². The van der Waals surface area contributed by atoms with Crippen LogP contribution in [0.1, 0.15) is 20.8 Å². The van der Waals surface area contributed by atoms with Crippen molar-refractivity contribution in [3.05, 3.63) is 36.5 Å². The molecule has 0 amide bonds. The van der Waals surface area contributed by atoms with Crippen molar-refractivity contribution < 1.29 is 4.43 Å². The van der Waals surface area contributed by atoms with E-state index in [2.05, 4.69) is 51.0 Å². The van der Waals surface area contributed by atoms with Crippen LogP contribution >= 0.6 is 0 Å². The molecule has 0 fully saturated rings. The molecule has 0 N–H and O–H groups in total. The van der Waals surface area contributed by atoms with Crippen LogP contribution in [0.5, 0.6) is 5.75 Å². The minimum Gasteiger partial charge on any atom is -0.542 e. The second-order valence-corrected chi connectivity index (χ2v) is 10.9. The number of hydrogen-bond donors (Lipinski definition) is 0. The predicted octanol–water partition coefficient (Wildman–Crippen LogP) is 4.62. The Morgan fingerprint density at radius 2 is 1.72 bits per heavy atom. The molecule has 0 aliphatic carbocycles. The van der Waals surface area contributed by atoms with E-state index in [0.29, 0.717) is 0 Å². The van der Waals surface area contributed by atoms with Crippen LogP contribution in [-0.4, -0.2) is 13.3 Å². The minimum atomic E-state index is -1.80. The van der Waals surface area contributed by atoms with E-state index >= 15 is 0 Å². The molecule has 0 aliphatic heterocycles. The zero-order chi connectivity index (χ0) is 13.4. The Hall–Kier alpha value is -1.35. The summed E-state index contributed by atoms with van der Waals surface area (Å²) in [4.78, 5) is 4.44. The number of benzene rings is 1. The molecule has 1 heterocycles. The van der Waals surface area contributed by atoms with Gasteiger partial charge in [0.25, 0.3) is 8.32 Å². The molecule has 0 unspecified atom stereocenters. The molecule has 0 aliphatic rings. The van der Waals surface area contributed by atoms with Gasteiger partial charge in [0, 0.05) is 11.6 Å². The zero-order valence-electron chi connectivity index (χ0n) is 11.8. The summed E-state index contributed by atoms with van der Waals surface area (Å²) in [5.74, 6) is 0.916. The molecule has 2 nitrogen and oxygen atoms in total. The van der Waals surface area contributed by atoms with Gasteiger partial charge in [-0.25, -0.2) is 0 Å². The van der Waals surface area contributed by atoms with E-state index in [0.717, 1.165) is 16.7 Å². The second kappa shape index (κ2) is 4.39. The molecule has 0 radical (unpaired) electrons. The Kier molecular flexibility index (Phi) is 3.19. The van der Waals surface area contributed by atoms with Gasteiger partial charge in [-0.1, -0.05) is 39.0 Å². The lowest BCUT2D eigenvalue weighted by molar-refractivity contribution is 0.495. The average molecular weight is 259 g/mol. The van der Waals surface area contributed by atoms with E-state index in [1.54, 1.807) is 0 Å². The van der Waals surface area contributed by atoms with Crippen molar-refractivity contribution in [1.29, 1.82) is 0 Å². The smallest absolute Gasteiger partial charge is 0.250 e. The van der Waals surface area contributed by atoms with Crippen molar-refractivity contribution in [2.24, 2.45) is 0 Å². The van der Waals surface area contributed by atoms with E-state index in [9.17, 15) is 0 Å². The number of aromatic nitrogens is 1.